The number of hydrogen-bond acceptors (Lipinski definition) is 8. The van der Waals surface area contributed by atoms with Gasteiger partial charge in [0.05, 0.1) is 11.4 Å². The quantitative estimate of drug-likeness (QED) is 0.366. The van der Waals surface area contributed by atoms with E-state index in [1.807, 2.05) is 24.3 Å². The molecule has 4 aliphatic heterocycles. The van der Waals surface area contributed by atoms with E-state index in [0.717, 1.165) is 43.0 Å². The molecule has 3 atom stereocenters. The van der Waals surface area contributed by atoms with Crippen LogP contribution in [0.4, 0.5) is 15.0 Å². The topological polar surface area (TPSA) is 115 Å². The second-order valence-electron chi connectivity index (χ2n) is 11.3. The second kappa shape index (κ2) is 9.99. The summed E-state index contributed by atoms with van der Waals surface area (Å²) >= 11 is 0. The van der Waals surface area contributed by atoms with Crippen molar-refractivity contribution in [2.75, 3.05) is 38.2 Å². The normalized spacial score (nSPS) is 22.6. The van der Waals surface area contributed by atoms with E-state index in [0.29, 0.717) is 36.5 Å². The lowest BCUT2D eigenvalue weighted by Crippen LogP contribution is -2.64. The number of aromatic nitrogens is 3. The van der Waals surface area contributed by atoms with Gasteiger partial charge in [0.25, 0.3) is 0 Å². The smallest absolute Gasteiger partial charge is 0.407 e. The number of ether oxygens (including phenoxy) is 1. The number of hydrogen-bond donors (Lipinski definition) is 2. The van der Waals surface area contributed by atoms with Gasteiger partial charge in [0.15, 0.2) is 5.82 Å². The zero-order valence-electron chi connectivity index (χ0n) is 22.7. The number of likely N-dealkylation sites (tertiary alicyclic amines) is 1. The first kappa shape index (κ1) is 25.7. The number of rotatable bonds is 5. The van der Waals surface area contributed by atoms with Crippen molar-refractivity contribution in [1.82, 2.24) is 24.8 Å². The van der Waals surface area contributed by atoms with Gasteiger partial charge in [0, 0.05) is 36.9 Å². The number of carbonyl (C=O) groups is 1. The Morgan fingerprint density at radius 1 is 1.10 bits per heavy atom. The van der Waals surface area contributed by atoms with E-state index < -0.39 is 11.9 Å². The summed E-state index contributed by atoms with van der Waals surface area (Å²) in [6.07, 6.45) is 4.33. The minimum absolute atomic E-state index is 0.0143. The molecule has 2 bridgehead atoms. The van der Waals surface area contributed by atoms with E-state index in [-0.39, 0.29) is 41.1 Å². The van der Waals surface area contributed by atoms with Crippen molar-refractivity contribution in [1.29, 1.82) is 0 Å². The average Bonchev–Trinajstić information content (AvgIpc) is 3.40. The monoisotopic (exact) mass is 558 g/mol. The van der Waals surface area contributed by atoms with Gasteiger partial charge in [-0.15, -0.1) is 0 Å². The summed E-state index contributed by atoms with van der Waals surface area (Å²) in [5, 5.41) is 22.0. The Morgan fingerprint density at radius 3 is 2.68 bits per heavy atom. The molecule has 0 radical (unpaired) electrons. The Kier molecular flexibility index (Phi) is 6.26. The van der Waals surface area contributed by atoms with Crippen molar-refractivity contribution >= 4 is 33.6 Å². The first-order valence-corrected chi connectivity index (χ1v) is 14.0. The van der Waals surface area contributed by atoms with E-state index in [4.69, 9.17) is 9.72 Å². The SMILES string of the molecule is CN1CCC[C@H]1COc1nc(N2C[C@H]3CC[C@@H]2CN3C(=O)O)c2cnc(-c3cc(O)cc4ccccc34)c(F)c2n1. The minimum Gasteiger partial charge on any atom is -0.508 e. The fourth-order valence-corrected chi connectivity index (χ4v) is 6.67. The van der Waals surface area contributed by atoms with Crippen molar-refractivity contribution < 1.29 is 24.1 Å². The van der Waals surface area contributed by atoms with Crippen LogP contribution in [0.2, 0.25) is 0 Å². The molecule has 2 N–H and O–H groups in total. The number of anilines is 1. The van der Waals surface area contributed by atoms with E-state index in [9.17, 15) is 15.0 Å². The number of benzene rings is 2. The number of fused-ring (bicyclic) bond motifs is 5. The molecule has 2 aromatic heterocycles. The Bertz CT molecular complexity index is 1670. The number of halogens is 1. The molecule has 0 unspecified atom stereocenters. The number of piperidine rings is 2. The van der Waals surface area contributed by atoms with Crippen LogP contribution in [0.5, 0.6) is 11.8 Å². The lowest BCUT2D eigenvalue weighted by Gasteiger charge is -2.51. The summed E-state index contributed by atoms with van der Waals surface area (Å²) in [5.74, 6) is -0.109. The Morgan fingerprint density at radius 2 is 1.93 bits per heavy atom. The highest BCUT2D eigenvalue weighted by atomic mass is 19.1. The van der Waals surface area contributed by atoms with Gasteiger partial charge in [0.1, 0.15) is 29.4 Å². The fourth-order valence-electron chi connectivity index (χ4n) is 6.67. The van der Waals surface area contributed by atoms with Crippen LogP contribution in [0, 0.1) is 5.82 Å². The second-order valence-corrected chi connectivity index (χ2v) is 11.3. The Labute approximate surface area is 236 Å². The lowest BCUT2D eigenvalue weighted by molar-refractivity contribution is 0.0803. The molecule has 0 saturated carbocycles. The number of nitrogens with zero attached hydrogens (tertiary/aromatic N) is 6. The number of pyridine rings is 1. The van der Waals surface area contributed by atoms with E-state index in [1.54, 1.807) is 12.3 Å². The summed E-state index contributed by atoms with van der Waals surface area (Å²) in [6.45, 7) is 2.19. The molecule has 10 nitrogen and oxygen atoms in total. The maximum absolute atomic E-state index is 16.5. The largest absolute Gasteiger partial charge is 0.508 e. The predicted molar refractivity (Wildman–Crippen MR) is 152 cm³/mol. The zero-order valence-corrected chi connectivity index (χ0v) is 22.7. The summed E-state index contributed by atoms with van der Waals surface area (Å²) < 4.78 is 22.6. The molecule has 4 saturated heterocycles. The number of aromatic hydroxyl groups is 1. The summed E-state index contributed by atoms with van der Waals surface area (Å²) in [6, 6.07) is 10.6. The molecule has 2 aromatic carbocycles. The van der Waals surface area contributed by atoms with Crippen molar-refractivity contribution in [3.05, 3.63) is 48.4 Å². The number of phenols is 1. The first-order chi connectivity index (χ1) is 19.9. The van der Waals surface area contributed by atoms with Crippen LogP contribution in [-0.4, -0.2) is 92.5 Å². The number of amides is 1. The molecule has 0 aliphatic carbocycles. The van der Waals surface area contributed by atoms with Crippen LogP contribution in [0.1, 0.15) is 25.7 Å². The predicted octanol–water partition coefficient (Wildman–Crippen LogP) is 4.49. The van der Waals surface area contributed by atoms with Gasteiger partial charge in [-0.3, -0.25) is 4.98 Å². The molecule has 41 heavy (non-hydrogen) atoms. The number of carboxylic acid groups (broad SMARTS) is 1. The van der Waals surface area contributed by atoms with E-state index >= 15 is 4.39 Å². The standard InChI is InChI=1S/C30H31FN6O4/c1-35-10-4-6-20(35)16-41-29-33-27-24(28(34-29)36-14-19-9-8-18(36)15-37(19)30(39)40)13-32-26(25(27)31)23-12-21(38)11-17-5-2-3-7-22(17)23/h2-3,5,7,11-13,18-20,38H,4,6,8-10,14-16H2,1H3,(H,39,40)/t18-,19-,20+/m1/s1. The summed E-state index contributed by atoms with van der Waals surface area (Å²) in [4.78, 5) is 31.5. The number of piperazine rings is 1. The average molecular weight is 559 g/mol. The van der Waals surface area contributed by atoms with Crippen LogP contribution in [0.3, 0.4) is 0 Å². The molecule has 8 rings (SSSR count). The Balaban J connectivity index is 1.35. The molecule has 1 amide bonds. The van der Waals surface area contributed by atoms with Crippen LogP contribution in [-0.2, 0) is 0 Å². The maximum atomic E-state index is 16.5. The van der Waals surface area contributed by atoms with Gasteiger partial charge >= 0.3 is 12.1 Å². The molecule has 0 spiro atoms. The van der Waals surface area contributed by atoms with Gasteiger partial charge in [-0.2, -0.15) is 9.97 Å². The third-order valence-electron chi connectivity index (χ3n) is 8.87. The van der Waals surface area contributed by atoms with Crippen molar-refractivity contribution in [2.24, 2.45) is 0 Å². The van der Waals surface area contributed by atoms with Crippen molar-refractivity contribution in [2.45, 2.75) is 43.8 Å². The third-order valence-corrected chi connectivity index (χ3v) is 8.87. The van der Waals surface area contributed by atoms with Crippen LogP contribution >= 0.6 is 0 Å². The zero-order chi connectivity index (χ0) is 28.2. The highest BCUT2D eigenvalue weighted by Gasteiger charge is 2.42. The van der Waals surface area contributed by atoms with E-state index in [2.05, 4.69) is 26.8 Å². The molecule has 4 aliphatic rings. The summed E-state index contributed by atoms with van der Waals surface area (Å²) in [5.41, 5.74) is 0.621. The molecule has 11 heteroatoms. The summed E-state index contributed by atoms with van der Waals surface area (Å²) in [7, 11) is 2.06. The highest BCUT2D eigenvalue weighted by Crippen LogP contribution is 2.39. The molecular formula is C30H31FN6O4. The van der Waals surface area contributed by atoms with Gasteiger partial charge < -0.3 is 29.6 Å². The third kappa shape index (κ3) is 4.44. The van der Waals surface area contributed by atoms with Crippen molar-refractivity contribution in [3.63, 3.8) is 0 Å². The van der Waals surface area contributed by atoms with E-state index in [1.165, 1.54) is 11.0 Å². The van der Waals surface area contributed by atoms with Crippen LogP contribution in [0.15, 0.2) is 42.6 Å². The molecular weight excluding hydrogens is 527 g/mol. The van der Waals surface area contributed by atoms with Crippen LogP contribution < -0.4 is 9.64 Å². The highest BCUT2D eigenvalue weighted by molar-refractivity contribution is 6.00. The number of likely N-dealkylation sites (N-methyl/N-ethyl adjacent to an activating group) is 1. The van der Waals surface area contributed by atoms with Crippen molar-refractivity contribution in [3.8, 4) is 23.0 Å². The Hall–Kier alpha value is -4.25. The van der Waals surface area contributed by atoms with Gasteiger partial charge in [0.2, 0.25) is 0 Å². The molecule has 4 fully saturated rings. The lowest BCUT2D eigenvalue weighted by atomic mass is 9.91. The van der Waals surface area contributed by atoms with Gasteiger partial charge in [-0.05, 0) is 62.2 Å². The number of phenolic OH excluding ortho intramolecular Hbond substituents is 1. The van der Waals surface area contributed by atoms with Gasteiger partial charge in [-0.1, -0.05) is 24.3 Å². The first-order valence-electron chi connectivity index (χ1n) is 14.0. The molecule has 4 aromatic rings. The maximum Gasteiger partial charge on any atom is 0.407 e. The fraction of sp³-hybridized carbons (Fsp3) is 0.400. The molecule has 6 heterocycles. The van der Waals surface area contributed by atoms with Gasteiger partial charge in [-0.25, -0.2) is 9.18 Å². The minimum atomic E-state index is -0.924. The van der Waals surface area contributed by atoms with Crippen LogP contribution in [0.25, 0.3) is 32.9 Å². The molecule has 212 valence electrons.